The lowest BCUT2D eigenvalue weighted by molar-refractivity contribution is -0.157. The van der Waals surface area contributed by atoms with Gasteiger partial charge >= 0.3 is 24.2 Å². The van der Waals surface area contributed by atoms with Gasteiger partial charge < -0.3 is 34.2 Å². The average molecular weight is 441 g/mol. The monoisotopic (exact) mass is 441 g/mol. The fraction of sp³-hybridized carbons (Fsp3) is 0.500. The van der Waals surface area contributed by atoms with Gasteiger partial charge in [-0.3, -0.25) is 9.59 Å². The van der Waals surface area contributed by atoms with E-state index in [2.05, 4.69) is 0 Å². The molecule has 0 fully saturated rings. The lowest BCUT2D eigenvalue weighted by atomic mass is 10.1. The van der Waals surface area contributed by atoms with Crippen LogP contribution in [0.3, 0.4) is 0 Å². The Kier molecular flexibility index (Phi) is 10.8. The normalized spacial score (nSPS) is 12.2. The van der Waals surface area contributed by atoms with E-state index in [0.717, 1.165) is 0 Å². The first-order chi connectivity index (χ1) is 14.7. The predicted octanol–water partition coefficient (Wildman–Crippen LogP) is 2.12. The molecule has 0 aliphatic carbocycles. The Hall–Kier alpha value is -3.34. The summed E-state index contributed by atoms with van der Waals surface area (Å²) in [6.45, 7) is 6.08. The molecule has 1 aromatic rings. The number of nitrogens with two attached hydrogens (primary N) is 1. The number of ether oxygens (including phenoxy) is 6. The predicted molar refractivity (Wildman–Crippen MR) is 106 cm³/mol. The Labute approximate surface area is 179 Å². The first-order valence-corrected chi connectivity index (χ1v) is 9.57. The summed E-state index contributed by atoms with van der Waals surface area (Å²) in [5, 5.41) is 0. The van der Waals surface area contributed by atoms with E-state index in [1.165, 1.54) is 25.1 Å². The molecule has 0 aliphatic rings. The van der Waals surface area contributed by atoms with Crippen molar-refractivity contribution in [2.75, 3.05) is 19.8 Å². The van der Waals surface area contributed by atoms with Gasteiger partial charge in [-0.1, -0.05) is 6.07 Å². The van der Waals surface area contributed by atoms with E-state index in [4.69, 9.17) is 34.2 Å². The van der Waals surface area contributed by atoms with E-state index in [1.54, 1.807) is 20.8 Å². The summed E-state index contributed by atoms with van der Waals surface area (Å²) >= 11 is 0. The SMILES string of the molecule is CCOC(=O)Oc1ccc(C[C@H](N)C(=O)O[C@@H](C)COC(C)=O)cc1OC(=O)OCC. The van der Waals surface area contributed by atoms with Crippen LogP contribution in [0, 0.1) is 0 Å². The molecule has 0 spiro atoms. The van der Waals surface area contributed by atoms with Crippen LogP contribution >= 0.6 is 0 Å². The summed E-state index contributed by atoms with van der Waals surface area (Å²) < 4.78 is 29.4. The lowest BCUT2D eigenvalue weighted by Gasteiger charge is -2.17. The second-order valence-electron chi connectivity index (χ2n) is 6.21. The summed E-state index contributed by atoms with van der Waals surface area (Å²) in [6, 6.07) is 3.22. The fourth-order valence-corrected chi connectivity index (χ4v) is 2.21. The third-order valence-electron chi connectivity index (χ3n) is 3.52. The van der Waals surface area contributed by atoms with Crippen molar-refractivity contribution in [2.45, 2.75) is 46.3 Å². The maximum atomic E-state index is 12.2. The molecule has 0 amide bonds. The Morgan fingerprint density at radius 1 is 0.935 bits per heavy atom. The van der Waals surface area contributed by atoms with Gasteiger partial charge in [0.05, 0.1) is 13.2 Å². The molecule has 0 aliphatic heterocycles. The van der Waals surface area contributed by atoms with Crippen molar-refractivity contribution in [1.82, 2.24) is 0 Å². The summed E-state index contributed by atoms with van der Waals surface area (Å²) in [6.07, 6.45) is -2.63. The van der Waals surface area contributed by atoms with E-state index in [0.29, 0.717) is 5.56 Å². The average Bonchev–Trinajstić information content (AvgIpc) is 2.68. The Morgan fingerprint density at radius 2 is 1.52 bits per heavy atom. The van der Waals surface area contributed by atoms with Crippen LogP contribution in [-0.2, 0) is 35.0 Å². The molecule has 11 heteroatoms. The lowest BCUT2D eigenvalue weighted by Crippen LogP contribution is -2.37. The molecule has 1 aromatic carbocycles. The third kappa shape index (κ3) is 9.81. The van der Waals surface area contributed by atoms with Gasteiger partial charge in [-0.2, -0.15) is 0 Å². The number of carbonyl (C=O) groups is 4. The maximum absolute atomic E-state index is 12.2. The summed E-state index contributed by atoms with van der Waals surface area (Å²) in [7, 11) is 0. The van der Waals surface area contributed by atoms with Gasteiger partial charge in [-0.05, 0) is 44.9 Å². The number of esters is 2. The van der Waals surface area contributed by atoms with Crippen molar-refractivity contribution in [3.8, 4) is 11.5 Å². The van der Waals surface area contributed by atoms with Gasteiger partial charge in [0.1, 0.15) is 18.8 Å². The molecule has 0 radical (unpaired) electrons. The van der Waals surface area contributed by atoms with Crippen molar-refractivity contribution >= 4 is 24.2 Å². The standard InChI is InChI=1S/C20H27NO10/c1-5-26-19(24)30-16-8-7-14(10-17(16)31-20(25)27-6-2)9-15(21)18(23)29-12(3)11-28-13(4)22/h7-8,10,12,15H,5-6,9,11,21H2,1-4H3/t12-,15-/m0/s1. The quantitative estimate of drug-likeness (QED) is 0.323. The van der Waals surface area contributed by atoms with Crippen LogP contribution in [0.2, 0.25) is 0 Å². The van der Waals surface area contributed by atoms with Gasteiger partial charge in [0.2, 0.25) is 0 Å². The number of rotatable bonds is 10. The van der Waals surface area contributed by atoms with E-state index >= 15 is 0 Å². The van der Waals surface area contributed by atoms with Gasteiger partial charge in [-0.15, -0.1) is 0 Å². The number of benzene rings is 1. The molecule has 2 atom stereocenters. The number of carbonyl (C=O) groups excluding carboxylic acids is 4. The molecule has 172 valence electrons. The largest absolute Gasteiger partial charge is 0.513 e. The molecule has 11 nitrogen and oxygen atoms in total. The Bertz CT molecular complexity index is 779. The number of hydrogen-bond acceptors (Lipinski definition) is 11. The van der Waals surface area contributed by atoms with E-state index < -0.39 is 36.4 Å². The van der Waals surface area contributed by atoms with Gasteiger partial charge in [-0.25, -0.2) is 9.59 Å². The van der Waals surface area contributed by atoms with Crippen molar-refractivity contribution in [3.63, 3.8) is 0 Å². The van der Waals surface area contributed by atoms with Crippen molar-refractivity contribution in [1.29, 1.82) is 0 Å². The molecule has 0 unspecified atom stereocenters. The van der Waals surface area contributed by atoms with E-state index in [-0.39, 0.29) is 37.7 Å². The van der Waals surface area contributed by atoms with Crippen LogP contribution in [0.15, 0.2) is 18.2 Å². The van der Waals surface area contributed by atoms with Crippen LogP contribution in [0.1, 0.15) is 33.3 Å². The Morgan fingerprint density at radius 3 is 2.06 bits per heavy atom. The van der Waals surface area contributed by atoms with Gasteiger partial charge in [0, 0.05) is 6.92 Å². The molecule has 0 aromatic heterocycles. The molecule has 1 rings (SSSR count). The highest BCUT2D eigenvalue weighted by molar-refractivity contribution is 5.76. The van der Waals surface area contributed by atoms with Crippen LogP contribution in [0.4, 0.5) is 9.59 Å². The highest BCUT2D eigenvalue weighted by atomic mass is 16.7. The molecule has 0 heterocycles. The van der Waals surface area contributed by atoms with Crippen molar-refractivity contribution < 1.29 is 47.6 Å². The molecule has 0 bridgehead atoms. The number of hydrogen-bond donors (Lipinski definition) is 1. The molecule has 31 heavy (non-hydrogen) atoms. The minimum Gasteiger partial charge on any atom is -0.462 e. The fourth-order valence-electron chi connectivity index (χ4n) is 2.21. The summed E-state index contributed by atoms with van der Waals surface area (Å²) in [4.78, 5) is 46.3. The highest BCUT2D eigenvalue weighted by Crippen LogP contribution is 2.30. The van der Waals surface area contributed by atoms with Crippen LogP contribution in [0.25, 0.3) is 0 Å². The van der Waals surface area contributed by atoms with Gasteiger partial charge in [0.25, 0.3) is 0 Å². The summed E-state index contributed by atoms with van der Waals surface area (Å²) in [5.41, 5.74) is 6.38. The van der Waals surface area contributed by atoms with Crippen LogP contribution < -0.4 is 15.2 Å². The molecule has 0 saturated carbocycles. The zero-order valence-corrected chi connectivity index (χ0v) is 17.9. The molecule has 2 N–H and O–H groups in total. The molecular weight excluding hydrogens is 414 g/mol. The highest BCUT2D eigenvalue weighted by Gasteiger charge is 2.21. The van der Waals surface area contributed by atoms with Crippen LogP contribution in [0.5, 0.6) is 11.5 Å². The smallest absolute Gasteiger partial charge is 0.462 e. The summed E-state index contributed by atoms with van der Waals surface area (Å²) in [5.74, 6) is -1.40. The minimum absolute atomic E-state index is 0.0258. The zero-order valence-electron chi connectivity index (χ0n) is 17.9. The maximum Gasteiger partial charge on any atom is 0.513 e. The topological polar surface area (TPSA) is 150 Å². The van der Waals surface area contributed by atoms with Crippen LogP contribution in [-0.4, -0.2) is 56.2 Å². The Balaban J connectivity index is 2.88. The van der Waals surface area contributed by atoms with Crippen molar-refractivity contribution in [2.24, 2.45) is 5.73 Å². The first-order valence-electron chi connectivity index (χ1n) is 9.57. The molecular formula is C20H27NO10. The van der Waals surface area contributed by atoms with Crippen molar-refractivity contribution in [3.05, 3.63) is 23.8 Å². The third-order valence-corrected chi connectivity index (χ3v) is 3.52. The van der Waals surface area contributed by atoms with Gasteiger partial charge in [0.15, 0.2) is 11.5 Å². The minimum atomic E-state index is -1.05. The van der Waals surface area contributed by atoms with E-state index in [1.807, 2.05) is 0 Å². The first kappa shape index (κ1) is 25.7. The molecule has 0 saturated heterocycles. The second kappa shape index (κ2) is 13.1. The zero-order chi connectivity index (χ0) is 23.4. The second-order valence-corrected chi connectivity index (χ2v) is 6.21. The van der Waals surface area contributed by atoms with E-state index in [9.17, 15) is 19.2 Å².